The number of nitrogens with zero attached hydrogens (tertiary/aromatic N) is 2. The van der Waals surface area contributed by atoms with Crippen LogP contribution in [0.15, 0.2) is 24.3 Å². The highest BCUT2D eigenvalue weighted by Crippen LogP contribution is 2.17. The van der Waals surface area contributed by atoms with Crippen molar-refractivity contribution in [2.24, 2.45) is 5.73 Å². The monoisotopic (exact) mass is 350 g/mol. The third kappa shape index (κ3) is 6.34. The molecule has 1 aromatic rings. The van der Waals surface area contributed by atoms with E-state index in [0.717, 1.165) is 18.8 Å². The van der Waals surface area contributed by atoms with Gasteiger partial charge in [0.05, 0.1) is 0 Å². The summed E-state index contributed by atoms with van der Waals surface area (Å²) in [5.74, 6) is -0.266. The van der Waals surface area contributed by atoms with Crippen molar-refractivity contribution in [1.29, 1.82) is 0 Å². The summed E-state index contributed by atoms with van der Waals surface area (Å²) in [6.45, 7) is 4.93. The van der Waals surface area contributed by atoms with Crippen molar-refractivity contribution in [2.75, 3.05) is 37.6 Å². The molecule has 1 fully saturated rings. The number of nitrogens with two attached hydrogens (primary N) is 1. The molecule has 0 aromatic heterocycles. The van der Waals surface area contributed by atoms with E-state index in [1.54, 1.807) is 12.1 Å². The van der Waals surface area contributed by atoms with Crippen molar-refractivity contribution in [3.63, 3.8) is 0 Å². The third-order valence-corrected chi connectivity index (χ3v) is 4.31. The summed E-state index contributed by atoms with van der Waals surface area (Å²) in [7, 11) is 0. The average molecular weight is 350 g/mol. The number of piperazine rings is 1. The van der Waals surface area contributed by atoms with Crippen molar-refractivity contribution in [1.82, 2.24) is 10.2 Å². The number of benzene rings is 1. The number of carbonyl (C=O) groups is 2. The maximum Gasteiger partial charge on any atom is 0.224 e. The van der Waals surface area contributed by atoms with Gasteiger partial charge in [0.25, 0.3) is 0 Å². The van der Waals surface area contributed by atoms with Crippen LogP contribution in [0.4, 0.5) is 10.1 Å². The van der Waals surface area contributed by atoms with Gasteiger partial charge in [-0.3, -0.25) is 9.59 Å². The average Bonchev–Trinajstić information content (AvgIpc) is 2.60. The number of halogens is 1. The predicted molar refractivity (Wildman–Crippen MR) is 95.7 cm³/mol. The number of carbonyl (C=O) groups excluding carboxylic acids is 2. The fourth-order valence-electron chi connectivity index (χ4n) is 2.78. The molecule has 1 saturated heterocycles. The molecular weight excluding hydrogens is 323 g/mol. The van der Waals surface area contributed by atoms with Gasteiger partial charge in [-0.1, -0.05) is 0 Å². The van der Waals surface area contributed by atoms with Crippen LogP contribution in [0.1, 0.15) is 26.2 Å². The lowest BCUT2D eigenvalue weighted by molar-refractivity contribution is -0.131. The highest BCUT2D eigenvalue weighted by atomic mass is 19.1. The van der Waals surface area contributed by atoms with Crippen LogP contribution in [0.25, 0.3) is 0 Å². The first-order valence-corrected chi connectivity index (χ1v) is 8.76. The first kappa shape index (κ1) is 19.2. The Morgan fingerprint density at radius 3 is 2.40 bits per heavy atom. The lowest BCUT2D eigenvalue weighted by Gasteiger charge is -2.36. The maximum atomic E-state index is 13.0. The number of hydrogen-bond acceptors (Lipinski definition) is 4. The zero-order valence-electron chi connectivity index (χ0n) is 14.7. The van der Waals surface area contributed by atoms with Crippen molar-refractivity contribution in [2.45, 2.75) is 32.2 Å². The van der Waals surface area contributed by atoms with E-state index in [9.17, 15) is 14.0 Å². The lowest BCUT2D eigenvalue weighted by atomic mass is 10.2. The second kappa shape index (κ2) is 9.36. The third-order valence-electron chi connectivity index (χ3n) is 4.31. The molecule has 25 heavy (non-hydrogen) atoms. The van der Waals surface area contributed by atoms with Gasteiger partial charge in [-0.2, -0.15) is 0 Å². The number of hydrogen-bond donors (Lipinski definition) is 2. The van der Waals surface area contributed by atoms with E-state index in [4.69, 9.17) is 5.73 Å². The van der Waals surface area contributed by atoms with Crippen LogP contribution in [0.5, 0.6) is 0 Å². The first-order chi connectivity index (χ1) is 12.0. The van der Waals surface area contributed by atoms with Crippen molar-refractivity contribution < 1.29 is 14.0 Å². The highest BCUT2D eigenvalue weighted by molar-refractivity contribution is 5.79. The maximum absolute atomic E-state index is 13.0. The Morgan fingerprint density at radius 2 is 1.80 bits per heavy atom. The van der Waals surface area contributed by atoms with Crippen LogP contribution in [0, 0.1) is 5.82 Å². The molecule has 1 aromatic carbocycles. The van der Waals surface area contributed by atoms with Crippen molar-refractivity contribution in [3.05, 3.63) is 30.1 Å². The lowest BCUT2D eigenvalue weighted by Crippen LogP contribution is -2.49. The molecule has 0 saturated carbocycles. The molecule has 1 unspecified atom stereocenters. The zero-order chi connectivity index (χ0) is 18.2. The zero-order valence-corrected chi connectivity index (χ0v) is 14.7. The molecular formula is C18H27FN4O2. The van der Waals surface area contributed by atoms with Crippen LogP contribution >= 0.6 is 0 Å². The number of rotatable bonds is 7. The van der Waals surface area contributed by atoms with Gasteiger partial charge in [0.1, 0.15) is 5.82 Å². The molecule has 0 aliphatic carbocycles. The van der Waals surface area contributed by atoms with E-state index in [1.165, 1.54) is 12.1 Å². The molecule has 2 amide bonds. The predicted octanol–water partition coefficient (Wildman–Crippen LogP) is 1.11. The van der Waals surface area contributed by atoms with E-state index in [-0.39, 0.29) is 23.7 Å². The molecule has 0 radical (unpaired) electrons. The van der Waals surface area contributed by atoms with Gasteiger partial charge in [0.15, 0.2) is 0 Å². The minimum Gasteiger partial charge on any atom is -0.368 e. The smallest absolute Gasteiger partial charge is 0.224 e. The number of anilines is 1. The van der Waals surface area contributed by atoms with Gasteiger partial charge < -0.3 is 20.9 Å². The standard InChI is InChI=1S/C18H27FN4O2/c1-14(20)2-7-17(24)21-9-8-18(25)23-12-10-22(11-13-23)16-5-3-15(19)4-6-16/h3-6,14H,2,7-13,20H2,1H3,(H,21,24). The van der Waals surface area contributed by atoms with E-state index in [2.05, 4.69) is 10.2 Å². The van der Waals surface area contributed by atoms with Gasteiger partial charge in [-0.05, 0) is 37.6 Å². The van der Waals surface area contributed by atoms with Crippen molar-refractivity contribution >= 4 is 17.5 Å². The molecule has 1 aliphatic heterocycles. The summed E-state index contributed by atoms with van der Waals surface area (Å²) in [4.78, 5) is 27.8. The Morgan fingerprint density at radius 1 is 1.16 bits per heavy atom. The summed E-state index contributed by atoms with van der Waals surface area (Å²) >= 11 is 0. The SMILES string of the molecule is CC(N)CCC(=O)NCCC(=O)N1CCN(c2ccc(F)cc2)CC1. The minimum absolute atomic E-state index is 0.00443. The summed E-state index contributed by atoms with van der Waals surface area (Å²) in [6, 6.07) is 6.40. The van der Waals surface area contributed by atoms with Crippen LogP contribution in [-0.4, -0.2) is 55.5 Å². The second-order valence-electron chi connectivity index (χ2n) is 6.46. The minimum atomic E-state index is -0.250. The second-order valence-corrected chi connectivity index (χ2v) is 6.46. The van der Waals surface area contributed by atoms with Gasteiger partial charge in [-0.15, -0.1) is 0 Å². The molecule has 3 N–H and O–H groups in total. The topological polar surface area (TPSA) is 78.7 Å². The molecule has 1 heterocycles. The van der Waals surface area contributed by atoms with Crippen LogP contribution < -0.4 is 16.0 Å². The number of amides is 2. The van der Waals surface area contributed by atoms with Crippen LogP contribution in [0.2, 0.25) is 0 Å². The Balaban J connectivity index is 1.67. The molecule has 1 aliphatic rings. The van der Waals surface area contributed by atoms with E-state index >= 15 is 0 Å². The molecule has 6 nitrogen and oxygen atoms in total. The Kier molecular flexibility index (Phi) is 7.18. The summed E-state index contributed by atoms with van der Waals surface area (Å²) in [5, 5.41) is 2.76. The Hall–Kier alpha value is -2.15. The quantitative estimate of drug-likeness (QED) is 0.772. The summed E-state index contributed by atoms with van der Waals surface area (Å²) in [5.41, 5.74) is 6.58. The normalized spacial score (nSPS) is 15.8. The molecule has 7 heteroatoms. The molecule has 1 atom stereocenters. The van der Waals surface area contributed by atoms with E-state index in [0.29, 0.717) is 38.9 Å². The fraction of sp³-hybridized carbons (Fsp3) is 0.556. The Labute approximate surface area is 148 Å². The Bertz CT molecular complexity index is 569. The van der Waals surface area contributed by atoms with Gasteiger partial charge in [0.2, 0.25) is 11.8 Å². The molecule has 0 spiro atoms. The highest BCUT2D eigenvalue weighted by Gasteiger charge is 2.21. The first-order valence-electron chi connectivity index (χ1n) is 8.76. The molecule has 0 bridgehead atoms. The summed E-state index contributed by atoms with van der Waals surface area (Å²) < 4.78 is 13.0. The number of nitrogens with one attached hydrogen (secondary N) is 1. The van der Waals surface area contributed by atoms with Crippen molar-refractivity contribution in [3.8, 4) is 0 Å². The largest absolute Gasteiger partial charge is 0.368 e. The van der Waals surface area contributed by atoms with Gasteiger partial charge in [0, 0.05) is 57.3 Å². The molecule has 2 rings (SSSR count). The molecule has 138 valence electrons. The van der Waals surface area contributed by atoms with Crippen LogP contribution in [-0.2, 0) is 9.59 Å². The van der Waals surface area contributed by atoms with E-state index in [1.807, 2.05) is 11.8 Å². The summed E-state index contributed by atoms with van der Waals surface area (Å²) in [6.07, 6.45) is 1.34. The van der Waals surface area contributed by atoms with E-state index < -0.39 is 0 Å². The van der Waals surface area contributed by atoms with Gasteiger partial charge >= 0.3 is 0 Å². The van der Waals surface area contributed by atoms with Gasteiger partial charge in [-0.25, -0.2) is 4.39 Å². The fourth-order valence-corrected chi connectivity index (χ4v) is 2.78. The van der Waals surface area contributed by atoms with Crippen LogP contribution in [0.3, 0.4) is 0 Å².